The first kappa shape index (κ1) is 20.8. The van der Waals surface area contributed by atoms with E-state index in [2.05, 4.69) is 5.32 Å². The van der Waals surface area contributed by atoms with E-state index in [-0.39, 0.29) is 12.5 Å². The van der Waals surface area contributed by atoms with Crippen LogP contribution in [0.1, 0.15) is 46.4 Å². The zero-order chi connectivity index (χ0) is 21.6. The van der Waals surface area contributed by atoms with Crippen LogP contribution in [0, 0.1) is 0 Å². The number of benzene rings is 2. The topological polar surface area (TPSA) is 77.5 Å². The van der Waals surface area contributed by atoms with Gasteiger partial charge in [-0.25, -0.2) is 4.79 Å². The molecule has 0 saturated carbocycles. The Morgan fingerprint density at radius 1 is 1.00 bits per heavy atom. The van der Waals surface area contributed by atoms with Crippen LogP contribution in [0.25, 0.3) is 10.9 Å². The molecular weight excluding hydrogens is 392 g/mol. The number of aryl methyl sites for hydroxylation is 1. The molecule has 0 bridgehead atoms. The molecule has 1 aromatic heterocycles. The van der Waals surface area contributed by atoms with Crippen LogP contribution < -0.4 is 10.1 Å². The number of carbonyl (C=O) groups excluding carboxylic acids is 2. The molecule has 0 aliphatic heterocycles. The summed E-state index contributed by atoms with van der Waals surface area (Å²) in [4.78, 5) is 30.2. The lowest BCUT2D eigenvalue weighted by atomic mass is 9.97. The maximum Gasteiger partial charge on any atom is 0.339 e. The second kappa shape index (κ2) is 9.60. The minimum atomic E-state index is -0.468. The number of amides is 1. The van der Waals surface area contributed by atoms with Gasteiger partial charge in [0, 0.05) is 23.2 Å². The largest absolute Gasteiger partial charge is 0.496 e. The zero-order valence-corrected chi connectivity index (χ0v) is 17.6. The second-order valence-electron chi connectivity index (χ2n) is 7.65. The Hall–Kier alpha value is -3.41. The van der Waals surface area contributed by atoms with Crippen molar-refractivity contribution in [2.45, 2.75) is 38.6 Å². The third-order valence-corrected chi connectivity index (χ3v) is 5.63. The molecule has 0 atom stereocenters. The van der Waals surface area contributed by atoms with Gasteiger partial charge in [-0.2, -0.15) is 0 Å². The van der Waals surface area contributed by atoms with Crippen LogP contribution >= 0.6 is 0 Å². The SMILES string of the molecule is COc1ccccc1CNC(=O)COC(=O)c1c2c(nc3ccccc13)CCCCC2. The van der Waals surface area contributed by atoms with Crippen molar-refractivity contribution in [2.24, 2.45) is 0 Å². The summed E-state index contributed by atoms with van der Waals surface area (Å²) < 4.78 is 10.7. The summed E-state index contributed by atoms with van der Waals surface area (Å²) in [5, 5.41) is 3.56. The summed E-state index contributed by atoms with van der Waals surface area (Å²) in [5.74, 6) is -0.126. The second-order valence-corrected chi connectivity index (χ2v) is 7.65. The molecule has 0 spiro atoms. The fraction of sp³-hybridized carbons (Fsp3) is 0.320. The lowest BCUT2D eigenvalue weighted by Crippen LogP contribution is -2.28. The summed E-state index contributed by atoms with van der Waals surface area (Å²) in [5.41, 5.74) is 4.14. The average Bonchev–Trinajstić information content (AvgIpc) is 3.05. The highest BCUT2D eigenvalue weighted by Gasteiger charge is 2.23. The number of nitrogens with one attached hydrogen (secondary N) is 1. The number of hydrogen-bond donors (Lipinski definition) is 1. The fourth-order valence-electron chi connectivity index (χ4n) is 4.08. The van der Waals surface area contributed by atoms with Crippen molar-refractivity contribution in [3.8, 4) is 5.75 Å². The Morgan fingerprint density at radius 2 is 1.77 bits per heavy atom. The molecular formula is C25H26N2O4. The summed E-state index contributed by atoms with van der Waals surface area (Å²) in [6.45, 7) is -0.0343. The van der Waals surface area contributed by atoms with Gasteiger partial charge in [0.05, 0.1) is 18.2 Å². The van der Waals surface area contributed by atoms with E-state index in [1.807, 2.05) is 48.5 Å². The summed E-state index contributed by atoms with van der Waals surface area (Å²) in [6.07, 6.45) is 4.87. The smallest absolute Gasteiger partial charge is 0.339 e. The molecule has 1 aliphatic rings. The van der Waals surface area contributed by atoms with Crippen molar-refractivity contribution in [1.82, 2.24) is 10.3 Å². The van der Waals surface area contributed by atoms with Crippen molar-refractivity contribution in [1.29, 1.82) is 0 Å². The zero-order valence-electron chi connectivity index (χ0n) is 17.6. The van der Waals surface area contributed by atoms with Crippen LogP contribution in [0.15, 0.2) is 48.5 Å². The highest BCUT2D eigenvalue weighted by Crippen LogP contribution is 2.29. The third kappa shape index (κ3) is 4.68. The molecule has 4 rings (SSSR count). The normalized spacial score (nSPS) is 13.2. The van der Waals surface area contributed by atoms with Crippen LogP contribution in [0.2, 0.25) is 0 Å². The minimum Gasteiger partial charge on any atom is -0.496 e. The molecule has 1 N–H and O–H groups in total. The number of fused-ring (bicyclic) bond motifs is 2. The molecule has 0 saturated heterocycles. The molecule has 2 aromatic carbocycles. The van der Waals surface area contributed by atoms with Gasteiger partial charge >= 0.3 is 5.97 Å². The van der Waals surface area contributed by atoms with Crippen molar-refractivity contribution in [3.63, 3.8) is 0 Å². The summed E-state index contributed by atoms with van der Waals surface area (Å²) >= 11 is 0. The first-order valence-electron chi connectivity index (χ1n) is 10.6. The average molecular weight is 418 g/mol. The molecule has 1 amide bonds. The van der Waals surface area contributed by atoms with E-state index in [9.17, 15) is 9.59 Å². The molecule has 0 unspecified atom stereocenters. The molecule has 3 aromatic rings. The number of para-hydroxylation sites is 2. The molecule has 1 aliphatic carbocycles. The van der Waals surface area contributed by atoms with Gasteiger partial charge in [-0.15, -0.1) is 0 Å². The molecule has 160 valence electrons. The number of carbonyl (C=O) groups is 2. The quantitative estimate of drug-likeness (QED) is 0.484. The van der Waals surface area contributed by atoms with Crippen molar-refractivity contribution in [3.05, 3.63) is 70.9 Å². The number of pyridine rings is 1. The van der Waals surface area contributed by atoms with Crippen molar-refractivity contribution >= 4 is 22.8 Å². The summed E-state index contributed by atoms with van der Waals surface area (Å²) in [6, 6.07) is 15.1. The number of methoxy groups -OCH3 is 1. The molecule has 6 nitrogen and oxygen atoms in total. The number of hydrogen-bond acceptors (Lipinski definition) is 5. The van der Waals surface area contributed by atoms with Gasteiger partial charge in [0.25, 0.3) is 5.91 Å². The van der Waals surface area contributed by atoms with E-state index >= 15 is 0 Å². The maximum atomic E-state index is 13.1. The molecule has 31 heavy (non-hydrogen) atoms. The molecule has 0 fully saturated rings. The van der Waals surface area contributed by atoms with Crippen LogP contribution in [0.3, 0.4) is 0 Å². The van der Waals surface area contributed by atoms with Crippen LogP contribution in [0.4, 0.5) is 0 Å². The van der Waals surface area contributed by atoms with E-state index in [0.717, 1.165) is 59.8 Å². The van der Waals surface area contributed by atoms with Gasteiger partial charge in [-0.1, -0.05) is 42.8 Å². The molecule has 1 heterocycles. The Labute approximate surface area is 181 Å². The van der Waals surface area contributed by atoms with E-state index in [4.69, 9.17) is 14.5 Å². The van der Waals surface area contributed by atoms with Gasteiger partial charge in [-0.05, 0) is 43.4 Å². The highest BCUT2D eigenvalue weighted by atomic mass is 16.5. The van der Waals surface area contributed by atoms with E-state index < -0.39 is 5.97 Å². The molecule has 6 heteroatoms. The Kier molecular flexibility index (Phi) is 6.46. The predicted molar refractivity (Wildman–Crippen MR) is 118 cm³/mol. The van der Waals surface area contributed by atoms with Crippen molar-refractivity contribution in [2.75, 3.05) is 13.7 Å². The Morgan fingerprint density at radius 3 is 2.65 bits per heavy atom. The number of rotatable bonds is 6. The number of nitrogens with zero attached hydrogens (tertiary/aromatic N) is 1. The molecule has 0 radical (unpaired) electrons. The van der Waals surface area contributed by atoms with E-state index in [1.165, 1.54) is 0 Å². The third-order valence-electron chi connectivity index (χ3n) is 5.63. The standard InChI is InChI=1S/C25H26N2O4/c1-30-22-14-8-5-9-17(22)15-26-23(28)16-31-25(29)24-18-10-3-2-4-12-20(18)27-21-13-7-6-11-19(21)24/h5-9,11,13-14H,2-4,10,12,15-16H2,1H3,(H,26,28). The predicted octanol–water partition coefficient (Wildman–Crippen LogP) is 3.99. The fourth-order valence-corrected chi connectivity index (χ4v) is 4.08. The van der Waals surface area contributed by atoms with E-state index in [0.29, 0.717) is 17.9 Å². The van der Waals surface area contributed by atoms with Gasteiger partial charge in [0.2, 0.25) is 0 Å². The van der Waals surface area contributed by atoms with E-state index in [1.54, 1.807) is 7.11 Å². The summed E-state index contributed by atoms with van der Waals surface area (Å²) in [7, 11) is 1.59. The minimum absolute atomic E-state index is 0.300. The highest BCUT2D eigenvalue weighted by molar-refractivity contribution is 6.05. The van der Waals surface area contributed by atoms with Crippen LogP contribution in [-0.4, -0.2) is 30.6 Å². The van der Waals surface area contributed by atoms with Gasteiger partial charge in [-0.3, -0.25) is 9.78 Å². The first-order chi connectivity index (χ1) is 15.2. The lowest BCUT2D eigenvalue weighted by Gasteiger charge is -2.15. The lowest BCUT2D eigenvalue weighted by molar-refractivity contribution is -0.124. The number of aromatic nitrogens is 1. The van der Waals surface area contributed by atoms with Gasteiger partial charge < -0.3 is 14.8 Å². The Bertz CT molecular complexity index is 1110. The number of esters is 1. The van der Waals surface area contributed by atoms with Gasteiger partial charge in [0.1, 0.15) is 5.75 Å². The maximum absolute atomic E-state index is 13.1. The Balaban J connectivity index is 1.48. The van der Waals surface area contributed by atoms with Crippen LogP contribution in [-0.2, 0) is 28.9 Å². The van der Waals surface area contributed by atoms with Gasteiger partial charge in [0.15, 0.2) is 6.61 Å². The first-order valence-corrected chi connectivity index (χ1v) is 10.6. The van der Waals surface area contributed by atoms with Crippen LogP contribution in [0.5, 0.6) is 5.75 Å². The monoisotopic (exact) mass is 418 g/mol. The number of ether oxygens (including phenoxy) is 2. The van der Waals surface area contributed by atoms with Crippen molar-refractivity contribution < 1.29 is 19.1 Å².